The number of amides is 5. The number of urea groups is 1. The van der Waals surface area contributed by atoms with Crippen LogP contribution in [0.2, 0.25) is 0 Å². The minimum Gasteiger partial charge on any atom is -0.449 e. The van der Waals surface area contributed by atoms with Crippen molar-refractivity contribution in [3.05, 3.63) is 65.0 Å². The molecule has 3 rings (SSSR count). The molecule has 0 saturated carbocycles. The van der Waals surface area contributed by atoms with Gasteiger partial charge in [-0.1, -0.05) is 0 Å². The Bertz CT molecular complexity index is 1070. The van der Waals surface area contributed by atoms with E-state index in [0.717, 1.165) is 17.0 Å². The summed E-state index contributed by atoms with van der Waals surface area (Å²) >= 11 is 0. The number of esters is 1. The van der Waals surface area contributed by atoms with Gasteiger partial charge in [-0.15, -0.1) is 0 Å². The van der Waals surface area contributed by atoms with Gasteiger partial charge in [-0.05, 0) is 49.4 Å². The average Bonchev–Trinajstić information content (AvgIpc) is 2.98. The van der Waals surface area contributed by atoms with Crippen LogP contribution in [0.5, 0.6) is 0 Å². The Morgan fingerprint density at radius 1 is 1.00 bits per heavy atom. The third-order valence-corrected chi connectivity index (χ3v) is 4.32. The van der Waals surface area contributed by atoms with Gasteiger partial charge in [0.25, 0.3) is 17.7 Å². The Labute approximate surface area is 169 Å². The van der Waals surface area contributed by atoms with Crippen LogP contribution >= 0.6 is 0 Å². The lowest BCUT2D eigenvalue weighted by atomic mass is 10.1. The van der Waals surface area contributed by atoms with Crippen LogP contribution in [0.3, 0.4) is 0 Å². The van der Waals surface area contributed by atoms with Crippen molar-refractivity contribution in [3.63, 3.8) is 0 Å². The molecule has 2 aromatic rings. The average molecular weight is 413 g/mol. The van der Waals surface area contributed by atoms with Crippen LogP contribution in [0.1, 0.15) is 38.0 Å². The lowest BCUT2D eigenvalue weighted by Gasteiger charge is -2.13. The number of rotatable bonds is 4. The topological polar surface area (TPSA) is 122 Å². The van der Waals surface area contributed by atoms with Crippen molar-refractivity contribution in [1.82, 2.24) is 10.6 Å². The molecule has 0 unspecified atom stereocenters. The third-order valence-electron chi connectivity index (χ3n) is 4.32. The molecule has 5 amide bonds. The minimum atomic E-state index is -1.28. The highest BCUT2D eigenvalue weighted by Gasteiger charge is 2.37. The van der Waals surface area contributed by atoms with Crippen molar-refractivity contribution in [2.45, 2.75) is 13.0 Å². The number of hydrogen-bond donors (Lipinski definition) is 2. The Morgan fingerprint density at radius 2 is 1.63 bits per heavy atom. The molecular weight excluding hydrogens is 397 g/mol. The molecule has 0 aromatic heterocycles. The van der Waals surface area contributed by atoms with Crippen LogP contribution in [0.15, 0.2) is 42.5 Å². The number of anilines is 1. The highest BCUT2D eigenvalue weighted by Crippen LogP contribution is 2.29. The van der Waals surface area contributed by atoms with Crippen molar-refractivity contribution in [2.75, 3.05) is 11.9 Å². The molecule has 9 nitrogen and oxygen atoms in total. The number of fused-ring (bicyclic) bond motifs is 1. The van der Waals surface area contributed by atoms with Gasteiger partial charge in [0, 0.05) is 7.05 Å². The number of nitrogens with one attached hydrogen (secondary N) is 2. The minimum absolute atomic E-state index is 0.0266. The Morgan fingerprint density at radius 3 is 2.27 bits per heavy atom. The summed E-state index contributed by atoms with van der Waals surface area (Å²) in [5.41, 5.74) is 0.175. The molecule has 0 bridgehead atoms. The fraction of sp³-hybridized carbons (Fsp3) is 0.150. The Hall–Kier alpha value is -4.08. The molecule has 1 aliphatic rings. The van der Waals surface area contributed by atoms with Crippen molar-refractivity contribution < 1.29 is 33.1 Å². The Kier molecular flexibility index (Phi) is 5.58. The number of ether oxygens (including phenoxy) is 1. The molecule has 154 valence electrons. The number of halogens is 1. The van der Waals surface area contributed by atoms with E-state index in [1.54, 1.807) is 0 Å². The van der Waals surface area contributed by atoms with Gasteiger partial charge >= 0.3 is 12.0 Å². The normalized spacial score (nSPS) is 13.5. The van der Waals surface area contributed by atoms with E-state index in [-0.39, 0.29) is 22.4 Å². The second-order valence-electron chi connectivity index (χ2n) is 6.30. The van der Waals surface area contributed by atoms with Crippen LogP contribution < -0.4 is 15.5 Å². The second kappa shape index (κ2) is 8.11. The predicted molar refractivity (Wildman–Crippen MR) is 101 cm³/mol. The smallest absolute Gasteiger partial charge is 0.338 e. The summed E-state index contributed by atoms with van der Waals surface area (Å²) in [6.07, 6.45) is -1.28. The first kappa shape index (κ1) is 20.6. The van der Waals surface area contributed by atoms with Crippen molar-refractivity contribution in [2.24, 2.45) is 0 Å². The van der Waals surface area contributed by atoms with Gasteiger partial charge in [-0.25, -0.2) is 18.9 Å². The van der Waals surface area contributed by atoms with Crippen molar-refractivity contribution in [3.8, 4) is 0 Å². The highest BCUT2D eigenvalue weighted by molar-refractivity contribution is 6.34. The number of imide groups is 2. The second-order valence-corrected chi connectivity index (χ2v) is 6.30. The first-order valence-electron chi connectivity index (χ1n) is 8.75. The summed E-state index contributed by atoms with van der Waals surface area (Å²) in [4.78, 5) is 61.5. The van der Waals surface area contributed by atoms with Gasteiger partial charge in [0.2, 0.25) is 0 Å². The van der Waals surface area contributed by atoms with Crippen LogP contribution in [0.4, 0.5) is 14.9 Å². The van der Waals surface area contributed by atoms with E-state index >= 15 is 0 Å². The molecule has 10 heteroatoms. The SMILES string of the molecule is CNC(=O)NC(=O)[C@H](C)OC(=O)c1ccc2c(c1)C(=O)N(c1ccc(F)cc1)C2=O. The molecule has 1 aliphatic heterocycles. The highest BCUT2D eigenvalue weighted by atomic mass is 19.1. The predicted octanol–water partition coefficient (Wildman–Crippen LogP) is 1.63. The molecular formula is C20H16FN3O6. The molecule has 2 aromatic carbocycles. The van der Waals surface area contributed by atoms with Crippen LogP contribution in [0.25, 0.3) is 0 Å². The van der Waals surface area contributed by atoms with Crippen LogP contribution in [-0.2, 0) is 9.53 Å². The lowest BCUT2D eigenvalue weighted by molar-refractivity contribution is -0.127. The zero-order chi connectivity index (χ0) is 22.0. The number of nitrogens with zero attached hydrogens (tertiary/aromatic N) is 1. The van der Waals surface area contributed by atoms with E-state index in [4.69, 9.17) is 4.74 Å². The largest absolute Gasteiger partial charge is 0.449 e. The number of benzene rings is 2. The Balaban J connectivity index is 1.79. The summed E-state index contributed by atoms with van der Waals surface area (Å²) < 4.78 is 18.1. The number of carbonyl (C=O) groups excluding carboxylic acids is 5. The van der Waals surface area contributed by atoms with Gasteiger partial charge in [-0.2, -0.15) is 0 Å². The van der Waals surface area contributed by atoms with Crippen molar-refractivity contribution >= 4 is 35.4 Å². The summed E-state index contributed by atoms with van der Waals surface area (Å²) in [7, 11) is 1.32. The summed E-state index contributed by atoms with van der Waals surface area (Å²) in [6, 6.07) is 7.82. The molecule has 1 atom stereocenters. The lowest BCUT2D eigenvalue weighted by Crippen LogP contribution is -2.43. The maximum atomic E-state index is 13.1. The van der Waals surface area contributed by atoms with E-state index in [1.165, 1.54) is 44.3 Å². The first-order chi connectivity index (χ1) is 14.2. The standard InChI is InChI=1S/C20H16FN3O6/c1-10(16(25)23-20(29)22-2)30-19(28)11-3-8-14-15(9-11)18(27)24(17(14)26)13-6-4-12(21)5-7-13/h3-10H,1-2H3,(H2,22,23,25,29)/t10-/m0/s1. The summed E-state index contributed by atoms with van der Waals surface area (Å²) in [5, 5.41) is 4.16. The number of carbonyl (C=O) groups is 5. The number of hydrogen-bond acceptors (Lipinski definition) is 6. The maximum absolute atomic E-state index is 13.1. The molecule has 0 fully saturated rings. The van der Waals surface area contributed by atoms with Gasteiger partial charge in [0.1, 0.15) is 5.82 Å². The van der Waals surface area contributed by atoms with Crippen molar-refractivity contribution in [1.29, 1.82) is 0 Å². The van der Waals surface area contributed by atoms with Gasteiger partial charge in [0.05, 0.1) is 22.4 Å². The quantitative estimate of drug-likeness (QED) is 0.580. The van der Waals surface area contributed by atoms with Gasteiger partial charge in [-0.3, -0.25) is 19.7 Å². The molecule has 0 aliphatic carbocycles. The molecule has 0 radical (unpaired) electrons. The van der Waals surface area contributed by atoms with Gasteiger partial charge in [0.15, 0.2) is 6.10 Å². The monoisotopic (exact) mass is 413 g/mol. The molecule has 30 heavy (non-hydrogen) atoms. The maximum Gasteiger partial charge on any atom is 0.338 e. The zero-order valence-corrected chi connectivity index (χ0v) is 15.9. The third kappa shape index (κ3) is 3.88. The van der Waals surface area contributed by atoms with E-state index in [9.17, 15) is 28.4 Å². The molecule has 0 spiro atoms. The first-order valence-corrected chi connectivity index (χ1v) is 8.75. The van der Waals surface area contributed by atoms with E-state index in [1.807, 2.05) is 5.32 Å². The summed E-state index contributed by atoms with van der Waals surface area (Å²) in [6.45, 7) is 1.27. The van der Waals surface area contributed by atoms with E-state index < -0.39 is 41.6 Å². The molecule has 0 saturated heterocycles. The van der Waals surface area contributed by atoms with E-state index in [0.29, 0.717) is 0 Å². The fourth-order valence-electron chi connectivity index (χ4n) is 2.75. The molecule has 2 N–H and O–H groups in total. The van der Waals surface area contributed by atoms with E-state index in [2.05, 4.69) is 5.32 Å². The fourth-order valence-corrected chi connectivity index (χ4v) is 2.75. The van der Waals surface area contributed by atoms with Gasteiger partial charge < -0.3 is 10.1 Å². The zero-order valence-electron chi connectivity index (χ0n) is 15.9. The molecule has 1 heterocycles. The summed E-state index contributed by atoms with van der Waals surface area (Å²) in [5.74, 6) is -3.56. The van der Waals surface area contributed by atoms with Crippen LogP contribution in [0, 0.1) is 5.82 Å². The van der Waals surface area contributed by atoms with Crippen LogP contribution in [-0.4, -0.2) is 42.9 Å².